The zero-order chi connectivity index (χ0) is 52.5. The number of ketones is 1. The molecule has 0 aromatic heterocycles. The summed E-state index contributed by atoms with van der Waals surface area (Å²) < 4.78 is 29.9. The second kappa shape index (κ2) is 22.1. The lowest BCUT2D eigenvalue weighted by Gasteiger charge is -2.38. The van der Waals surface area contributed by atoms with Gasteiger partial charge in [-0.3, -0.25) is 19.3 Å². The standard InChI is InChI=1S/C54H70N4O14/c1-27(2)24-57-19-21-58(22-20-57)34-16-17-36-38(23-34)70-50-42(55-36)39-40-46(63)33(8)49-41(39)51(65)54(9,72-49)18-12-15-37(68-10)30(5)48(71-53(67)69-26-35(60)25-59)32(7)45(62)31(6)44(61)28(3)13-11-14-29(4)52(66)56-43(50)47(40)64/h11-17,23,27-28,30-32,35,37,44-45,48,59-63H,18-22,24-26H2,1-10H3,(H,56,66)/b13-11+,15-12+,29-14-/t28-,30+,31+,32+,35?,37-,44?,45+,48+,54+/m0/s1. The van der Waals surface area contributed by atoms with Gasteiger partial charge in [-0.1, -0.05) is 71.9 Å². The smallest absolute Gasteiger partial charge is 0.507 e. The molecular formula is C54H70N4O14. The minimum Gasteiger partial charge on any atom is -0.507 e. The Hall–Kier alpha value is -5.89. The monoisotopic (exact) mass is 998 g/mol. The van der Waals surface area contributed by atoms with Crippen LogP contribution in [-0.2, 0) is 19.0 Å². The third-order valence-electron chi connectivity index (χ3n) is 14.6. The lowest BCUT2D eigenvalue weighted by atomic mass is 9.78. The fourth-order valence-corrected chi connectivity index (χ4v) is 10.2. The number of nitrogens with zero attached hydrogens (tertiary/aromatic N) is 3. The summed E-state index contributed by atoms with van der Waals surface area (Å²) in [6.07, 6.45) is 1.17. The number of rotatable bonds is 8. The number of carbonyl (C=O) groups excluding carboxylic acids is 3. The molecular weight excluding hydrogens is 929 g/mol. The number of aliphatic hydroxyl groups excluding tert-OH is 4. The van der Waals surface area contributed by atoms with Crippen LogP contribution in [0, 0.1) is 36.5 Å². The van der Waals surface area contributed by atoms with Crippen molar-refractivity contribution >= 4 is 51.1 Å². The van der Waals surface area contributed by atoms with Crippen molar-refractivity contribution in [1.82, 2.24) is 9.88 Å². The number of carbonyl (C=O) groups is 3. The Bertz CT molecular complexity index is 2800. The first-order valence-electron chi connectivity index (χ1n) is 24.8. The number of methoxy groups -OCH3 is 1. The zero-order valence-corrected chi connectivity index (χ0v) is 42.8. The molecule has 390 valence electrons. The van der Waals surface area contributed by atoms with Gasteiger partial charge in [-0.25, -0.2) is 9.78 Å². The number of Topliss-reactive ketones (excluding diaryl/α,β-unsaturated/α-hetero) is 1. The SMILES string of the molecule is CO[C@H]1/C=C/C[C@@]2(C)Oc3c(C)c(O)c4c(=O)c(c5oc6cc(N7CCN(CC(C)C)CC7)ccc6nc-5c4c3C2=O)NC(=O)/C(C)=C\C=C\[C@H](C)C(O)[C@@H](C)[C@@H](O)[C@@H](C)[C@H](OC(=O)OCC(O)CO)[C@@H]1C. The van der Waals surface area contributed by atoms with Crippen LogP contribution >= 0.6 is 0 Å². The highest BCUT2D eigenvalue weighted by Gasteiger charge is 2.48. The van der Waals surface area contributed by atoms with Crippen molar-refractivity contribution in [2.75, 3.05) is 63.3 Å². The minimum atomic E-state index is -1.60. The van der Waals surface area contributed by atoms with Crippen LogP contribution in [0.2, 0.25) is 0 Å². The fraction of sp³-hybridized carbons (Fsp3) is 0.537. The van der Waals surface area contributed by atoms with Gasteiger partial charge in [0.1, 0.15) is 47.2 Å². The number of phenols is 1. The number of allylic oxidation sites excluding steroid dienone is 2. The second-order valence-corrected chi connectivity index (χ2v) is 20.4. The van der Waals surface area contributed by atoms with Gasteiger partial charge >= 0.3 is 6.16 Å². The molecule has 18 heteroatoms. The van der Waals surface area contributed by atoms with E-state index in [4.69, 9.17) is 28.3 Å². The normalized spacial score (nSPS) is 29.0. The molecule has 2 aromatic rings. The molecule has 1 fully saturated rings. The van der Waals surface area contributed by atoms with Crippen molar-refractivity contribution in [2.45, 2.75) is 105 Å². The number of fused-ring (bicyclic) bond motifs is 2. The van der Waals surface area contributed by atoms with Crippen molar-refractivity contribution in [1.29, 1.82) is 0 Å². The lowest BCUT2D eigenvalue weighted by molar-refractivity contribution is -0.112. The van der Waals surface area contributed by atoms with Crippen molar-refractivity contribution in [3.05, 3.63) is 75.5 Å². The van der Waals surface area contributed by atoms with Gasteiger partial charge in [0.2, 0.25) is 11.2 Å². The first-order chi connectivity index (χ1) is 34.1. The van der Waals surface area contributed by atoms with Crippen molar-refractivity contribution in [3.63, 3.8) is 0 Å². The molecule has 1 amide bonds. The number of aromatic nitrogens is 1. The second-order valence-electron chi connectivity index (χ2n) is 20.4. The Balaban J connectivity index is 1.37. The molecule has 0 saturated carbocycles. The zero-order valence-electron chi connectivity index (χ0n) is 42.8. The number of nitrogens with one attached hydrogen (secondary N) is 1. The summed E-state index contributed by atoms with van der Waals surface area (Å²) in [4.78, 5) is 66.8. The average Bonchev–Trinajstić information content (AvgIpc) is 3.62. The number of hydrogen-bond acceptors (Lipinski definition) is 17. The topological polar surface area (TPSA) is 251 Å². The van der Waals surface area contributed by atoms with E-state index in [1.165, 1.54) is 27.0 Å². The first-order valence-corrected chi connectivity index (χ1v) is 24.8. The van der Waals surface area contributed by atoms with Gasteiger partial charge in [0.05, 0.1) is 35.9 Å². The number of phenolic OH excluding ortho intramolecular Hbond substituents is 1. The van der Waals surface area contributed by atoms with Gasteiger partial charge in [-0.2, -0.15) is 0 Å². The molecule has 4 bridgehead atoms. The first kappa shape index (κ1) is 53.9. The summed E-state index contributed by atoms with van der Waals surface area (Å²) in [5.74, 6) is -4.10. The number of hydrogen-bond donors (Lipinski definition) is 6. The van der Waals surface area contributed by atoms with Crippen molar-refractivity contribution in [3.8, 4) is 23.0 Å². The highest BCUT2D eigenvalue weighted by atomic mass is 16.7. The summed E-state index contributed by atoms with van der Waals surface area (Å²) in [5.41, 5.74) is -0.774. The minimum absolute atomic E-state index is 0.000511. The Labute approximate surface area is 419 Å². The van der Waals surface area contributed by atoms with Gasteiger partial charge in [-0.15, -0.1) is 0 Å². The van der Waals surface area contributed by atoms with Crippen LogP contribution in [0.3, 0.4) is 0 Å². The number of amides is 1. The van der Waals surface area contributed by atoms with E-state index in [2.05, 4.69) is 29.0 Å². The van der Waals surface area contributed by atoms with E-state index < -0.39 is 102 Å². The van der Waals surface area contributed by atoms with Crippen LogP contribution in [0.15, 0.2) is 63.4 Å². The van der Waals surface area contributed by atoms with E-state index in [0.29, 0.717) is 17.0 Å². The summed E-state index contributed by atoms with van der Waals surface area (Å²) >= 11 is 0. The largest absolute Gasteiger partial charge is 0.508 e. The van der Waals surface area contributed by atoms with Crippen molar-refractivity contribution in [2.24, 2.45) is 29.6 Å². The third kappa shape index (κ3) is 10.8. The molecule has 10 atom stereocenters. The van der Waals surface area contributed by atoms with E-state index in [1.54, 1.807) is 65.0 Å². The Kier molecular flexibility index (Phi) is 16.5. The lowest BCUT2D eigenvalue weighted by Crippen LogP contribution is -2.47. The molecule has 0 radical (unpaired) electrons. The summed E-state index contributed by atoms with van der Waals surface area (Å²) in [5, 5.41) is 56.9. The molecule has 4 heterocycles. The third-order valence-corrected chi connectivity index (χ3v) is 14.6. The van der Waals surface area contributed by atoms with Crippen LogP contribution in [0.5, 0.6) is 11.5 Å². The molecule has 1 aliphatic carbocycles. The van der Waals surface area contributed by atoms with Gasteiger partial charge in [0.15, 0.2) is 16.9 Å². The van der Waals surface area contributed by atoms with Gasteiger partial charge in [0, 0.05) is 98.2 Å². The molecule has 72 heavy (non-hydrogen) atoms. The summed E-state index contributed by atoms with van der Waals surface area (Å²) in [7, 11) is 1.44. The number of aromatic hydroxyl groups is 1. The number of aliphatic hydroxyl groups is 4. The highest BCUT2D eigenvalue weighted by molar-refractivity contribution is 6.22. The molecule has 18 nitrogen and oxygen atoms in total. The molecule has 5 aliphatic rings. The van der Waals surface area contributed by atoms with Gasteiger partial charge < -0.3 is 59.1 Å². The quantitative estimate of drug-likeness (QED) is 0.0503. The van der Waals surface area contributed by atoms with Crippen LogP contribution in [0.1, 0.15) is 77.7 Å². The molecule has 2 aromatic carbocycles. The van der Waals surface area contributed by atoms with Crippen LogP contribution in [0.4, 0.5) is 16.2 Å². The molecule has 1 saturated heterocycles. The molecule has 2 unspecified atom stereocenters. The maximum Gasteiger partial charge on any atom is 0.508 e. The predicted molar refractivity (Wildman–Crippen MR) is 272 cm³/mol. The highest BCUT2D eigenvalue weighted by Crippen LogP contribution is 2.51. The number of anilines is 2. The predicted octanol–water partition coefficient (Wildman–Crippen LogP) is 6.13. The summed E-state index contributed by atoms with van der Waals surface area (Å²) in [6, 6.07) is 5.59. The maximum atomic E-state index is 15.0. The van der Waals surface area contributed by atoms with E-state index in [-0.39, 0.29) is 56.8 Å². The average molecular weight is 999 g/mol. The van der Waals surface area contributed by atoms with E-state index in [0.717, 1.165) is 38.4 Å². The molecule has 7 rings (SSSR count). The van der Waals surface area contributed by atoms with Crippen LogP contribution in [0.25, 0.3) is 33.3 Å². The Morgan fingerprint density at radius 1 is 0.986 bits per heavy atom. The van der Waals surface area contributed by atoms with Crippen LogP contribution < -0.4 is 20.4 Å². The van der Waals surface area contributed by atoms with E-state index >= 15 is 4.79 Å². The molecule has 4 aliphatic heterocycles. The van der Waals surface area contributed by atoms with E-state index in [9.17, 15) is 39.9 Å². The summed E-state index contributed by atoms with van der Waals surface area (Å²) in [6.45, 7) is 18.9. The van der Waals surface area contributed by atoms with Crippen LogP contribution in [-0.4, -0.2) is 142 Å². The van der Waals surface area contributed by atoms with Gasteiger partial charge in [-0.05, 0) is 38.8 Å². The van der Waals surface area contributed by atoms with Crippen molar-refractivity contribution < 1.29 is 63.3 Å². The number of ether oxygens (including phenoxy) is 4. The Morgan fingerprint density at radius 3 is 2.36 bits per heavy atom. The van der Waals surface area contributed by atoms with E-state index in [1.807, 2.05) is 12.1 Å². The number of benzene rings is 3. The van der Waals surface area contributed by atoms with Gasteiger partial charge in [0.25, 0.3) is 5.91 Å². The Morgan fingerprint density at radius 2 is 1.69 bits per heavy atom. The number of piperazine rings is 1. The maximum absolute atomic E-state index is 15.0. The molecule has 0 spiro atoms. The molecule has 6 N–H and O–H groups in total. The fourth-order valence-electron chi connectivity index (χ4n) is 10.2.